The van der Waals surface area contributed by atoms with Crippen molar-refractivity contribution in [2.24, 2.45) is 5.84 Å². The zero-order chi connectivity index (χ0) is 54.9. The molecule has 0 aliphatic rings. The number of anilines is 2. The number of nitrogens with two attached hydrogens (primary N) is 2. The van der Waals surface area contributed by atoms with E-state index in [9.17, 15) is 4.79 Å². The molecular formula is C62H46ClN15O2. The van der Waals surface area contributed by atoms with E-state index in [1.165, 1.54) is 4.68 Å². The Bertz CT molecular complexity index is 3980. The van der Waals surface area contributed by atoms with Crippen molar-refractivity contribution in [1.82, 2.24) is 59.6 Å². The molecule has 0 spiro atoms. The Balaban J connectivity index is 0.000000121. The Morgan fingerprint density at radius 2 is 0.725 bits per heavy atom. The first-order valence-electron chi connectivity index (χ1n) is 24.8. The molecule has 17 nitrogen and oxygen atoms in total. The number of rotatable bonds is 9. The molecule has 5 aromatic heterocycles. The van der Waals surface area contributed by atoms with Gasteiger partial charge in [-0.3, -0.25) is 10.2 Å². The monoisotopic (exact) mass is 1070 g/mol. The predicted molar refractivity (Wildman–Crippen MR) is 312 cm³/mol. The number of nitrogens with zero attached hydrogens (tertiary/aromatic N) is 12. The maximum absolute atomic E-state index is 11.8. The van der Waals surface area contributed by atoms with E-state index in [0.29, 0.717) is 69.5 Å². The van der Waals surface area contributed by atoms with Gasteiger partial charge in [0.05, 0.1) is 11.6 Å². The van der Waals surface area contributed by atoms with Gasteiger partial charge in [0.1, 0.15) is 11.4 Å². The second-order valence-corrected chi connectivity index (χ2v) is 17.4. The van der Waals surface area contributed by atoms with Crippen LogP contribution in [0.1, 0.15) is 0 Å². The third-order valence-electron chi connectivity index (χ3n) is 11.6. The van der Waals surface area contributed by atoms with Crippen molar-refractivity contribution in [3.8, 4) is 85.7 Å². The van der Waals surface area contributed by atoms with Crippen LogP contribution in [0.3, 0.4) is 0 Å². The number of para-hydroxylation sites is 1. The molecule has 0 bridgehead atoms. The van der Waals surface area contributed by atoms with Crippen LogP contribution in [0.5, 0.6) is 0 Å². The van der Waals surface area contributed by atoms with Gasteiger partial charge in [0.15, 0.2) is 34.9 Å². The van der Waals surface area contributed by atoms with Crippen molar-refractivity contribution in [2.75, 3.05) is 11.2 Å². The van der Waals surface area contributed by atoms with Gasteiger partial charge in [-0.1, -0.05) is 212 Å². The zero-order valence-corrected chi connectivity index (χ0v) is 43.1. The quantitative estimate of drug-likeness (QED) is 0.0899. The molecule has 0 atom stereocenters. The number of hydrazine groups is 1. The van der Waals surface area contributed by atoms with Crippen molar-refractivity contribution in [3.05, 3.63) is 264 Å². The van der Waals surface area contributed by atoms with E-state index >= 15 is 0 Å². The first-order chi connectivity index (χ1) is 39.3. The summed E-state index contributed by atoms with van der Waals surface area (Å²) in [5.41, 5.74) is 15.0. The van der Waals surface area contributed by atoms with Crippen LogP contribution in [-0.4, -0.2) is 59.6 Å². The second kappa shape index (κ2) is 25.7. The molecule has 0 unspecified atom stereocenters. The van der Waals surface area contributed by atoms with Gasteiger partial charge in [0.2, 0.25) is 17.1 Å². The van der Waals surface area contributed by atoms with E-state index in [1.807, 2.05) is 218 Å². The topological polar surface area (TPSA) is 241 Å². The van der Waals surface area contributed by atoms with Crippen molar-refractivity contribution in [3.63, 3.8) is 0 Å². The van der Waals surface area contributed by atoms with Gasteiger partial charge in [0.25, 0.3) is 11.5 Å². The zero-order valence-electron chi connectivity index (χ0n) is 42.4. The molecule has 13 aromatic rings. The molecule has 5 N–H and O–H groups in total. The van der Waals surface area contributed by atoms with Gasteiger partial charge in [0, 0.05) is 45.0 Å². The molecule has 0 aliphatic heterocycles. The molecule has 8 aromatic carbocycles. The van der Waals surface area contributed by atoms with E-state index in [0.717, 1.165) is 38.9 Å². The fourth-order valence-corrected chi connectivity index (χ4v) is 7.90. The Labute approximate surface area is 463 Å². The summed E-state index contributed by atoms with van der Waals surface area (Å²) in [6.07, 6.45) is 1.61. The molecule has 0 aliphatic carbocycles. The normalized spacial score (nSPS) is 10.5. The Morgan fingerprint density at radius 1 is 0.388 bits per heavy atom. The van der Waals surface area contributed by atoms with Gasteiger partial charge < -0.3 is 10.2 Å². The lowest BCUT2D eigenvalue weighted by atomic mass is 10.2. The summed E-state index contributed by atoms with van der Waals surface area (Å²) in [6.45, 7) is 0. The van der Waals surface area contributed by atoms with E-state index in [-0.39, 0.29) is 10.8 Å². The molecule has 18 heteroatoms. The molecule has 0 saturated carbocycles. The first kappa shape index (κ1) is 52.4. The molecule has 5 heterocycles. The number of fused-ring (bicyclic) bond motifs is 1. The first-order valence-corrected chi connectivity index (χ1v) is 25.2. The minimum Gasteiger partial charge on any atom is -0.437 e. The third-order valence-corrected chi connectivity index (χ3v) is 11.8. The lowest BCUT2D eigenvalue weighted by Crippen LogP contribution is -2.12. The third kappa shape index (κ3) is 13.3. The van der Waals surface area contributed by atoms with Gasteiger partial charge in [-0.15, -0.1) is 0 Å². The minimum atomic E-state index is -0.259. The van der Waals surface area contributed by atoms with Crippen LogP contribution >= 0.6 is 11.6 Å². The number of halogens is 1. The number of hydrogen-bond acceptors (Lipinski definition) is 16. The summed E-state index contributed by atoms with van der Waals surface area (Å²) in [4.78, 5) is 55.3. The fourth-order valence-electron chi connectivity index (χ4n) is 7.74. The standard InChI is InChI=1S/C18H14N6.C15H10ClN3.C15H13N5.C14H9NO2/c19-15-11-12-20-24(15)18-22-16(13-7-3-1-4-8-13)21-17(23-18)14-9-5-2-6-10-14;16-15-18-13(11-7-3-1-4-8-11)17-14(19-15)12-9-5-2-6-10-12;16-20-15-18-13(11-7-3-1-4-8-11)17-14(19-15)12-9-5-2-6-10-12;16-13-11-8-4-5-9-12(11)17-14(15-13)10-6-2-1-3-7-10/h1-12H,19H2;1-10H;1-10H,16H2,(H,17,18,19,20);1-9H. The van der Waals surface area contributed by atoms with Gasteiger partial charge in [-0.05, 0) is 35.9 Å². The summed E-state index contributed by atoms with van der Waals surface area (Å²) in [5.74, 6) is 10.5. The molecule has 0 saturated heterocycles. The Hall–Kier alpha value is -11.0. The number of aromatic nitrogens is 12. The highest BCUT2D eigenvalue weighted by Crippen LogP contribution is 2.25. The van der Waals surface area contributed by atoms with Crippen LogP contribution in [0.15, 0.2) is 258 Å². The highest BCUT2D eigenvalue weighted by molar-refractivity contribution is 6.28. The summed E-state index contributed by atoms with van der Waals surface area (Å²) >= 11 is 5.99. The van der Waals surface area contributed by atoms with Crippen LogP contribution < -0.4 is 22.6 Å². The van der Waals surface area contributed by atoms with E-state index in [1.54, 1.807) is 30.5 Å². The molecule has 80 heavy (non-hydrogen) atoms. The van der Waals surface area contributed by atoms with E-state index in [4.69, 9.17) is 27.6 Å². The minimum absolute atomic E-state index is 0.202. The molecule has 13 rings (SSSR count). The number of benzene rings is 8. The molecule has 0 amide bonds. The SMILES string of the molecule is Clc1nc(-c2ccccc2)nc(-c2ccccc2)n1.NNc1nc(-c2ccccc2)nc(-c2ccccc2)n1.Nc1ccnn1-c1nc(-c2ccccc2)nc(-c2ccccc2)n1.O=c1nc(-c2ccccc2)oc2ccccc12. The Morgan fingerprint density at radius 3 is 1.09 bits per heavy atom. The summed E-state index contributed by atoms with van der Waals surface area (Å²) < 4.78 is 7.12. The average Bonchev–Trinajstić information content (AvgIpc) is 3.98. The van der Waals surface area contributed by atoms with Crippen LogP contribution in [-0.2, 0) is 0 Å². The largest absolute Gasteiger partial charge is 0.437 e. The smallest absolute Gasteiger partial charge is 0.284 e. The highest BCUT2D eigenvalue weighted by Gasteiger charge is 2.15. The van der Waals surface area contributed by atoms with E-state index < -0.39 is 0 Å². The van der Waals surface area contributed by atoms with Gasteiger partial charge in [-0.25, -0.2) is 20.8 Å². The maximum Gasteiger partial charge on any atom is 0.284 e. The van der Waals surface area contributed by atoms with Crippen LogP contribution in [0.4, 0.5) is 11.8 Å². The average molecular weight is 1070 g/mol. The maximum atomic E-state index is 11.8. The molecule has 0 radical (unpaired) electrons. The predicted octanol–water partition coefficient (Wildman–Crippen LogP) is 12.2. The van der Waals surface area contributed by atoms with Crippen molar-refractivity contribution < 1.29 is 4.42 Å². The molecular weight excluding hydrogens is 1020 g/mol. The van der Waals surface area contributed by atoms with Crippen molar-refractivity contribution in [2.45, 2.75) is 0 Å². The van der Waals surface area contributed by atoms with Crippen molar-refractivity contribution >= 4 is 34.3 Å². The summed E-state index contributed by atoms with van der Waals surface area (Å²) in [6, 6.07) is 76.6. The highest BCUT2D eigenvalue weighted by atomic mass is 35.5. The number of nitrogens with one attached hydrogen (secondary N) is 1. The van der Waals surface area contributed by atoms with Crippen molar-refractivity contribution in [1.29, 1.82) is 0 Å². The summed E-state index contributed by atoms with van der Waals surface area (Å²) in [7, 11) is 0. The molecule has 0 fully saturated rings. The Kier molecular flexibility index (Phi) is 16.8. The lowest BCUT2D eigenvalue weighted by Gasteiger charge is -2.08. The lowest BCUT2D eigenvalue weighted by molar-refractivity contribution is 0.595. The van der Waals surface area contributed by atoms with Crippen LogP contribution in [0, 0.1) is 0 Å². The van der Waals surface area contributed by atoms with E-state index in [2.05, 4.69) is 60.4 Å². The fraction of sp³-hybridized carbons (Fsp3) is 0. The van der Waals surface area contributed by atoms with Crippen LogP contribution in [0.2, 0.25) is 5.28 Å². The van der Waals surface area contributed by atoms with Crippen LogP contribution in [0.25, 0.3) is 96.7 Å². The van der Waals surface area contributed by atoms with Gasteiger partial charge in [-0.2, -0.15) is 44.7 Å². The second-order valence-electron chi connectivity index (χ2n) is 17.0. The number of nitrogen functional groups attached to an aromatic ring is 2. The molecule has 388 valence electrons. The van der Waals surface area contributed by atoms with Gasteiger partial charge >= 0.3 is 0 Å². The number of hydrogen-bond donors (Lipinski definition) is 3. The summed E-state index contributed by atoms with van der Waals surface area (Å²) in [5, 5.41) is 4.90.